The fourth-order valence-corrected chi connectivity index (χ4v) is 1.95. The number of carbonyl (C=O) groups excluding carboxylic acids is 1. The fraction of sp³-hybridized carbons (Fsp3) is 0.333. The Kier molecular flexibility index (Phi) is 5.80. The second kappa shape index (κ2) is 7.82. The van der Waals surface area contributed by atoms with Crippen molar-refractivity contribution in [1.29, 1.82) is 0 Å². The van der Waals surface area contributed by atoms with Crippen LogP contribution >= 0.6 is 11.6 Å². The standard InChI is InChI=1S/C15H18ClN3O3/c1-11(14(20)17-8-9-21-2)22-15-13(16)10-19(18-15)12-6-4-3-5-7-12/h3-7,10-11H,8-9H2,1-2H3,(H,17,20)/t11-/m0/s1. The smallest absolute Gasteiger partial charge is 0.260 e. The zero-order valence-corrected chi connectivity index (χ0v) is 13.2. The number of ether oxygens (including phenoxy) is 2. The van der Waals surface area contributed by atoms with E-state index in [2.05, 4.69) is 10.4 Å². The maximum absolute atomic E-state index is 11.8. The molecule has 1 aromatic carbocycles. The van der Waals surface area contributed by atoms with Gasteiger partial charge in [-0.3, -0.25) is 4.79 Å². The van der Waals surface area contributed by atoms with Crippen LogP contribution in [0.1, 0.15) is 6.92 Å². The average molecular weight is 324 g/mol. The van der Waals surface area contributed by atoms with Gasteiger partial charge in [0.1, 0.15) is 5.02 Å². The minimum Gasteiger partial charge on any atom is -0.462 e. The van der Waals surface area contributed by atoms with Crippen LogP contribution in [0.2, 0.25) is 5.02 Å². The van der Waals surface area contributed by atoms with Crippen LogP contribution in [0.15, 0.2) is 36.5 Å². The van der Waals surface area contributed by atoms with Crippen molar-refractivity contribution in [3.63, 3.8) is 0 Å². The maximum atomic E-state index is 11.8. The average Bonchev–Trinajstić information content (AvgIpc) is 2.89. The number of halogens is 1. The van der Waals surface area contributed by atoms with Gasteiger partial charge < -0.3 is 14.8 Å². The van der Waals surface area contributed by atoms with Crippen LogP contribution in [0, 0.1) is 0 Å². The Balaban J connectivity index is 2.01. The van der Waals surface area contributed by atoms with E-state index in [1.807, 2.05) is 30.3 Å². The molecule has 1 aromatic heterocycles. The van der Waals surface area contributed by atoms with E-state index in [1.165, 1.54) is 0 Å². The Morgan fingerprint density at radius 3 is 2.82 bits per heavy atom. The first-order valence-corrected chi connectivity index (χ1v) is 7.23. The lowest BCUT2D eigenvalue weighted by Crippen LogP contribution is -2.38. The highest BCUT2D eigenvalue weighted by Crippen LogP contribution is 2.24. The largest absolute Gasteiger partial charge is 0.462 e. The number of amides is 1. The highest BCUT2D eigenvalue weighted by Gasteiger charge is 2.18. The molecule has 0 aliphatic rings. The van der Waals surface area contributed by atoms with E-state index >= 15 is 0 Å². The summed E-state index contributed by atoms with van der Waals surface area (Å²) in [7, 11) is 1.57. The zero-order valence-electron chi connectivity index (χ0n) is 12.5. The monoisotopic (exact) mass is 323 g/mol. The highest BCUT2D eigenvalue weighted by molar-refractivity contribution is 6.31. The van der Waals surface area contributed by atoms with Gasteiger partial charge in [0.2, 0.25) is 0 Å². The van der Waals surface area contributed by atoms with Gasteiger partial charge in [-0.25, -0.2) is 4.68 Å². The normalized spacial score (nSPS) is 12.0. The predicted molar refractivity (Wildman–Crippen MR) is 83.5 cm³/mol. The third kappa shape index (κ3) is 4.22. The van der Waals surface area contributed by atoms with Crippen molar-refractivity contribution < 1.29 is 14.3 Å². The van der Waals surface area contributed by atoms with Gasteiger partial charge in [0.25, 0.3) is 11.8 Å². The SMILES string of the molecule is COCCNC(=O)[C@H](C)Oc1nn(-c2ccccc2)cc1Cl. The lowest BCUT2D eigenvalue weighted by atomic mass is 10.3. The number of aromatic nitrogens is 2. The van der Waals surface area contributed by atoms with E-state index in [9.17, 15) is 4.79 Å². The minimum atomic E-state index is -0.700. The summed E-state index contributed by atoms with van der Waals surface area (Å²) in [5, 5.41) is 7.30. The molecular formula is C15H18ClN3O3. The van der Waals surface area contributed by atoms with Gasteiger partial charge in [-0.2, -0.15) is 0 Å². The minimum absolute atomic E-state index is 0.222. The summed E-state index contributed by atoms with van der Waals surface area (Å²) in [5.41, 5.74) is 0.858. The van der Waals surface area contributed by atoms with Crippen molar-refractivity contribution in [2.45, 2.75) is 13.0 Å². The molecule has 0 unspecified atom stereocenters. The molecule has 0 radical (unpaired) electrons. The van der Waals surface area contributed by atoms with Crippen molar-refractivity contribution in [3.8, 4) is 11.6 Å². The first-order valence-electron chi connectivity index (χ1n) is 6.85. The summed E-state index contributed by atoms with van der Waals surface area (Å²) in [6.07, 6.45) is 0.940. The van der Waals surface area contributed by atoms with Crippen LogP contribution < -0.4 is 10.1 Å². The van der Waals surface area contributed by atoms with E-state index in [-0.39, 0.29) is 11.8 Å². The highest BCUT2D eigenvalue weighted by atomic mass is 35.5. The molecule has 0 aliphatic carbocycles. The molecule has 22 heavy (non-hydrogen) atoms. The first-order chi connectivity index (χ1) is 10.6. The van der Waals surface area contributed by atoms with Crippen LogP contribution in [-0.4, -0.2) is 42.1 Å². The maximum Gasteiger partial charge on any atom is 0.260 e. The van der Waals surface area contributed by atoms with Gasteiger partial charge in [-0.15, -0.1) is 5.10 Å². The van der Waals surface area contributed by atoms with Gasteiger partial charge in [0, 0.05) is 13.7 Å². The number of nitrogens with one attached hydrogen (secondary N) is 1. The zero-order chi connectivity index (χ0) is 15.9. The summed E-state index contributed by atoms with van der Waals surface area (Å²) in [5.74, 6) is -0.0257. The Bertz CT molecular complexity index is 616. The third-order valence-corrected chi connectivity index (χ3v) is 3.18. The van der Waals surface area contributed by atoms with E-state index in [0.29, 0.717) is 18.2 Å². The van der Waals surface area contributed by atoms with Gasteiger partial charge in [0.05, 0.1) is 18.5 Å². The third-order valence-electron chi connectivity index (χ3n) is 2.92. The fourth-order valence-electron chi connectivity index (χ4n) is 1.77. The van der Waals surface area contributed by atoms with Crippen molar-refractivity contribution in [3.05, 3.63) is 41.6 Å². The quantitative estimate of drug-likeness (QED) is 0.792. The number of methoxy groups -OCH3 is 1. The van der Waals surface area contributed by atoms with E-state index in [4.69, 9.17) is 21.1 Å². The number of hydrogen-bond donors (Lipinski definition) is 1. The Morgan fingerprint density at radius 1 is 1.41 bits per heavy atom. The molecule has 1 heterocycles. The summed E-state index contributed by atoms with van der Waals surface area (Å²) in [6, 6.07) is 9.51. The second-order valence-corrected chi connectivity index (χ2v) is 5.01. The number of nitrogens with zero attached hydrogens (tertiary/aromatic N) is 2. The molecular weight excluding hydrogens is 306 g/mol. The number of carbonyl (C=O) groups is 1. The number of rotatable bonds is 7. The molecule has 0 aliphatic heterocycles. The van der Waals surface area contributed by atoms with Crippen molar-refractivity contribution in [2.75, 3.05) is 20.3 Å². The molecule has 1 amide bonds. The lowest BCUT2D eigenvalue weighted by molar-refractivity contribution is -0.127. The van der Waals surface area contributed by atoms with Gasteiger partial charge in [0.15, 0.2) is 6.10 Å². The van der Waals surface area contributed by atoms with E-state index < -0.39 is 6.10 Å². The molecule has 118 valence electrons. The summed E-state index contributed by atoms with van der Waals surface area (Å²) < 4.78 is 12.0. The van der Waals surface area contributed by atoms with Gasteiger partial charge in [-0.1, -0.05) is 29.8 Å². The summed E-state index contributed by atoms with van der Waals surface area (Å²) in [4.78, 5) is 11.8. The van der Waals surface area contributed by atoms with Gasteiger partial charge in [-0.05, 0) is 19.1 Å². The molecule has 6 nitrogen and oxygen atoms in total. The van der Waals surface area contributed by atoms with Crippen LogP contribution in [0.25, 0.3) is 5.69 Å². The van der Waals surface area contributed by atoms with Crippen LogP contribution in [0.4, 0.5) is 0 Å². The van der Waals surface area contributed by atoms with Crippen LogP contribution in [0.3, 0.4) is 0 Å². The Morgan fingerprint density at radius 2 is 2.14 bits per heavy atom. The Hall–Kier alpha value is -2.05. The topological polar surface area (TPSA) is 65.4 Å². The van der Waals surface area contributed by atoms with Crippen molar-refractivity contribution in [1.82, 2.24) is 15.1 Å². The molecule has 0 bridgehead atoms. The van der Waals surface area contributed by atoms with Gasteiger partial charge >= 0.3 is 0 Å². The van der Waals surface area contributed by atoms with E-state index in [1.54, 1.807) is 24.9 Å². The molecule has 1 N–H and O–H groups in total. The van der Waals surface area contributed by atoms with E-state index in [0.717, 1.165) is 5.69 Å². The number of benzene rings is 1. The Labute approximate surface area is 134 Å². The van der Waals surface area contributed by atoms with Crippen LogP contribution in [0.5, 0.6) is 5.88 Å². The molecule has 1 atom stereocenters. The number of para-hydroxylation sites is 1. The molecule has 0 spiro atoms. The molecule has 2 rings (SSSR count). The van der Waals surface area contributed by atoms with Crippen molar-refractivity contribution >= 4 is 17.5 Å². The first kappa shape index (κ1) is 16.3. The molecule has 0 saturated carbocycles. The summed E-state index contributed by atoms with van der Waals surface area (Å²) >= 11 is 6.11. The molecule has 0 fully saturated rings. The lowest BCUT2D eigenvalue weighted by Gasteiger charge is -2.12. The molecule has 2 aromatic rings. The van der Waals surface area contributed by atoms with Crippen molar-refractivity contribution in [2.24, 2.45) is 0 Å². The number of hydrogen-bond acceptors (Lipinski definition) is 4. The molecule has 7 heteroatoms. The predicted octanol–water partition coefficient (Wildman–Crippen LogP) is 2.06. The molecule has 0 saturated heterocycles. The second-order valence-electron chi connectivity index (χ2n) is 4.61. The van der Waals surface area contributed by atoms with Crippen LogP contribution in [-0.2, 0) is 9.53 Å². The summed E-state index contributed by atoms with van der Waals surface area (Å²) in [6.45, 7) is 2.51.